The van der Waals surface area contributed by atoms with E-state index >= 15 is 0 Å². The maximum absolute atomic E-state index is 12.4. The molecule has 0 radical (unpaired) electrons. The molecule has 0 aromatic carbocycles. The molecule has 1 fully saturated rings. The summed E-state index contributed by atoms with van der Waals surface area (Å²) in [6, 6.07) is 1.07. The largest absolute Gasteiger partial charge is 0.347 e. The van der Waals surface area contributed by atoms with E-state index in [1.54, 1.807) is 4.90 Å². The average Bonchev–Trinajstić information content (AvgIpc) is 2.62. The third kappa shape index (κ3) is 6.35. The van der Waals surface area contributed by atoms with Crippen LogP contribution in [0.25, 0.3) is 0 Å². The molecule has 0 aromatic heterocycles. The minimum atomic E-state index is -0.0319. The summed E-state index contributed by atoms with van der Waals surface area (Å²) in [5.41, 5.74) is 0. The first-order valence-corrected chi connectivity index (χ1v) is 8.52. The van der Waals surface area contributed by atoms with Gasteiger partial charge in [-0.25, -0.2) is 0 Å². The van der Waals surface area contributed by atoms with Crippen LogP contribution in [0.3, 0.4) is 0 Å². The van der Waals surface area contributed by atoms with Gasteiger partial charge < -0.3 is 15.1 Å². The topological polar surface area (TPSA) is 35.6 Å². The Labute approximate surface area is 131 Å². The molecule has 1 aliphatic rings. The molecule has 1 saturated heterocycles. The highest BCUT2D eigenvalue weighted by atomic mass is 16.2. The Morgan fingerprint density at radius 1 is 1.19 bits per heavy atom. The summed E-state index contributed by atoms with van der Waals surface area (Å²) >= 11 is 0. The maximum Gasteiger partial charge on any atom is 0.239 e. The normalized spacial score (nSPS) is 22.4. The van der Waals surface area contributed by atoms with Gasteiger partial charge in [-0.05, 0) is 58.5 Å². The van der Waals surface area contributed by atoms with Gasteiger partial charge in [-0.3, -0.25) is 4.79 Å². The summed E-state index contributed by atoms with van der Waals surface area (Å²) < 4.78 is 0. The van der Waals surface area contributed by atoms with Crippen LogP contribution in [0.15, 0.2) is 0 Å². The van der Waals surface area contributed by atoms with Gasteiger partial charge in [0.1, 0.15) is 0 Å². The van der Waals surface area contributed by atoms with Gasteiger partial charge in [-0.15, -0.1) is 0 Å². The first-order chi connectivity index (χ1) is 9.81. The molecule has 0 spiro atoms. The highest BCUT2D eigenvalue weighted by Crippen LogP contribution is 2.16. The van der Waals surface area contributed by atoms with Crippen molar-refractivity contribution < 1.29 is 4.79 Å². The van der Waals surface area contributed by atoms with Crippen molar-refractivity contribution in [2.45, 2.75) is 71.5 Å². The smallest absolute Gasteiger partial charge is 0.239 e. The standard InChI is InChI=1S/C17H35N3O/c1-13(2)12-16(17(21)19(5)6)18-15-8-7-10-20(11-9-15)14(3)4/h13-16,18H,7-12H2,1-6H3. The van der Waals surface area contributed by atoms with Crippen LogP contribution in [0.1, 0.15) is 53.4 Å². The zero-order chi connectivity index (χ0) is 16.0. The lowest BCUT2D eigenvalue weighted by atomic mass is 10.00. The van der Waals surface area contributed by atoms with Crippen molar-refractivity contribution in [1.82, 2.24) is 15.1 Å². The van der Waals surface area contributed by atoms with Gasteiger partial charge in [-0.1, -0.05) is 13.8 Å². The molecule has 124 valence electrons. The van der Waals surface area contributed by atoms with E-state index < -0.39 is 0 Å². The monoisotopic (exact) mass is 297 g/mol. The van der Waals surface area contributed by atoms with Crippen molar-refractivity contribution in [2.75, 3.05) is 27.2 Å². The number of carbonyl (C=O) groups is 1. The van der Waals surface area contributed by atoms with E-state index in [1.165, 1.54) is 19.4 Å². The van der Waals surface area contributed by atoms with Gasteiger partial charge in [0.15, 0.2) is 0 Å². The maximum atomic E-state index is 12.4. The van der Waals surface area contributed by atoms with E-state index in [0.717, 1.165) is 19.4 Å². The third-order valence-electron chi connectivity index (χ3n) is 4.38. The second-order valence-electron chi connectivity index (χ2n) is 7.34. The summed E-state index contributed by atoms with van der Waals surface area (Å²) in [7, 11) is 3.70. The molecule has 0 bridgehead atoms. The second-order valence-corrected chi connectivity index (χ2v) is 7.34. The van der Waals surface area contributed by atoms with Crippen molar-refractivity contribution in [1.29, 1.82) is 0 Å². The number of amides is 1. The number of nitrogens with zero attached hydrogens (tertiary/aromatic N) is 2. The zero-order valence-corrected chi connectivity index (χ0v) is 14.9. The fourth-order valence-corrected chi connectivity index (χ4v) is 3.11. The van der Waals surface area contributed by atoms with Crippen LogP contribution < -0.4 is 5.32 Å². The summed E-state index contributed by atoms with van der Waals surface area (Å²) in [5.74, 6) is 0.748. The number of hydrogen-bond acceptors (Lipinski definition) is 3. The number of likely N-dealkylation sites (N-methyl/N-ethyl adjacent to an activating group) is 1. The molecule has 1 rings (SSSR count). The summed E-state index contributed by atoms with van der Waals surface area (Å²) in [4.78, 5) is 16.6. The summed E-state index contributed by atoms with van der Waals surface area (Å²) in [6.45, 7) is 11.2. The Morgan fingerprint density at radius 2 is 1.86 bits per heavy atom. The van der Waals surface area contributed by atoms with Crippen molar-refractivity contribution >= 4 is 5.91 Å². The SMILES string of the molecule is CC(C)CC(NC1CCCN(C(C)C)CC1)C(=O)N(C)C. The minimum Gasteiger partial charge on any atom is -0.347 e. The molecule has 4 nitrogen and oxygen atoms in total. The van der Waals surface area contributed by atoms with E-state index in [0.29, 0.717) is 18.0 Å². The number of hydrogen-bond donors (Lipinski definition) is 1. The van der Waals surface area contributed by atoms with Gasteiger partial charge in [0.25, 0.3) is 0 Å². The molecular formula is C17H35N3O. The third-order valence-corrected chi connectivity index (χ3v) is 4.38. The van der Waals surface area contributed by atoms with Gasteiger partial charge >= 0.3 is 0 Å². The number of likely N-dealkylation sites (tertiary alicyclic amines) is 1. The molecule has 0 saturated carbocycles. The molecule has 0 aromatic rings. The van der Waals surface area contributed by atoms with Crippen LogP contribution in [0.5, 0.6) is 0 Å². The fraction of sp³-hybridized carbons (Fsp3) is 0.941. The Morgan fingerprint density at radius 3 is 2.38 bits per heavy atom. The average molecular weight is 297 g/mol. The van der Waals surface area contributed by atoms with Gasteiger partial charge in [0.2, 0.25) is 5.91 Å². The van der Waals surface area contributed by atoms with Crippen molar-refractivity contribution in [2.24, 2.45) is 5.92 Å². The first-order valence-electron chi connectivity index (χ1n) is 8.52. The zero-order valence-electron chi connectivity index (χ0n) is 14.9. The Balaban J connectivity index is 2.59. The van der Waals surface area contributed by atoms with E-state index in [2.05, 4.69) is 37.9 Å². The number of nitrogens with one attached hydrogen (secondary N) is 1. The molecule has 1 amide bonds. The second kappa shape index (κ2) is 8.74. The van der Waals surface area contributed by atoms with Gasteiger partial charge in [0, 0.05) is 26.2 Å². The molecule has 1 N–H and O–H groups in total. The Hall–Kier alpha value is -0.610. The lowest BCUT2D eigenvalue weighted by Crippen LogP contribution is -2.48. The van der Waals surface area contributed by atoms with Crippen LogP contribution in [-0.4, -0.2) is 61.0 Å². The molecule has 4 heteroatoms. The van der Waals surface area contributed by atoms with Crippen LogP contribution in [-0.2, 0) is 4.79 Å². The molecule has 2 unspecified atom stereocenters. The predicted octanol–water partition coefficient (Wildman–Crippen LogP) is 2.34. The lowest BCUT2D eigenvalue weighted by molar-refractivity contribution is -0.131. The molecule has 1 aliphatic heterocycles. The first kappa shape index (κ1) is 18.4. The van der Waals surface area contributed by atoms with Crippen LogP contribution >= 0.6 is 0 Å². The number of rotatable bonds is 6. The highest BCUT2D eigenvalue weighted by molar-refractivity contribution is 5.81. The Kier molecular flexibility index (Phi) is 7.67. The highest BCUT2D eigenvalue weighted by Gasteiger charge is 2.26. The van der Waals surface area contributed by atoms with Gasteiger partial charge in [0.05, 0.1) is 6.04 Å². The lowest BCUT2D eigenvalue weighted by Gasteiger charge is -2.28. The van der Waals surface area contributed by atoms with Crippen molar-refractivity contribution in [3.63, 3.8) is 0 Å². The van der Waals surface area contributed by atoms with Gasteiger partial charge in [-0.2, -0.15) is 0 Å². The van der Waals surface area contributed by atoms with E-state index in [4.69, 9.17) is 0 Å². The fourth-order valence-electron chi connectivity index (χ4n) is 3.11. The molecule has 0 aliphatic carbocycles. The summed E-state index contributed by atoms with van der Waals surface area (Å²) in [6.07, 6.45) is 4.47. The van der Waals surface area contributed by atoms with Crippen molar-refractivity contribution in [3.8, 4) is 0 Å². The molecular weight excluding hydrogens is 262 g/mol. The summed E-state index contributed by atoms with van der Waals surface area (Å²) in [5, 5.41) is 3.65. The van der Waals surface area contributed by atoms with Crippen LogP contribution in [0.4, 0.5) is 0 Å². The van der Waals surface area contributed by atoms with E-state index in [9.17, 15) is 4.79 Å². The minimum absolute atomic E-state index is 0.0319. The Bertz CT molecular complexity index is 315. The van der Waals surface area contributed by atoms with Crippen LogP contribution in [0, 0.1) is 5.92 Å². The van der Waals surface area contributed by atoms with Crippen LogP contribution in [0.2, 0.25) is 0 Å². The number of carbonyl (C=O) groups excluding carboxylic acids is 1. The molecule has 2 atom stereocenters. The van der Waals surface area contributed by atoms with E-state index in [-0.39, 0.29) is 11.9 Å². The molecule has 21 heavy (non-hydrogen) atoms. The van der Waals surface area contributed by atoms with Crippen molar-refractivity contribution in [3.05, 3.63) is 0 Å². The van der Waals surface area contributed by atoms with E-state index in [1.807, 2.05) is 14.1 Å². The molecule has 1 heterocycles. The quantitative estimate of drug-likeness (QED) is 0.817. The predicted molar refractivity (Wildman–Crippen MR) is 89.4 cm³/mol.